The Morgan fingerprint density at radius 3 is 1.90 bits per heavy atom. The second kappa shape index (κ2) is 9.82. The maximum atomic E-state index is 2.72. The fourth-order valence-electron chi connectivity index (χ4n) is 3.78. The molecule has 0 N–H and O–H groups in total. The van der Waals surface area contributed by atoms with Crippen LogP contribution in [-0.2, 0) is 0 Å². The molecule has 0 amide bonds. The minimum Gasteiger partial charge on any atom is -0.298 e. The Morgan fingerprint density at radius 2 is 1.55 bits per heavy atom. The van der Waals surface area contributed by atoms with Crippen LogP contribution in [0.1, 0.15) is 87.5 Å². The van der Waals surface area contributed by atoms with E-state index in [0.717, 1.165) is 17.8 Å². The molecule has 0 aromatic heterocycles. The van der Waals surface area contributed by atoms with E-state index in [4.69, 9.17) is 0 Å². The first-order valence-corrected chi connectivity index (χ1v) is 9.10. The summed E-state index contributed by atoms with van der Waals surface area (Å²) in [6.45, 7) is 21.5. The van der Waals surface area contributed by atoms with E-state index < -0.39 is 0 Å². The molecule has 0 fully saturated rings. The minimum absolute atomic E-state index is 0.370. The predicted octanol–water partition coefficient (Wildman–Crippen LogP) is 5.99. The van der Waals surface area contributed by atoms with E-state index in [1.54, 1.807) is 0 Å². The Morgan fingerprint density at radius 1 is 0.950 bits per heavy atom. The number of rotatable bonds is 11. The van der Waals surface area contributed by atoms with Gasteiger partial charge in [-0.3, -0.25) is 4.90 Å². The molecule has 1 nitrogen and oxygen atoms in total. The lowest BCUT2D eigenvalue weighted by Crippen LogP contribution is -2.51. The fourth-order valence-corrected chi connectivity index (χ4v) is 3.78. The molecular formula is C19H41N. The van der Waals surface area contributed by atoms with Crippen LogP contribution in [0.4, 0.5) is 0 Å². The van der Waals surface area contributed by atoms with Crippen molar-refractivity contribution in [2.45, 2.75) is 93.0 Å². The molecular weight excluding hydrogens is 242 g/mol. The predicted molar refractivity (Wildman–Crippen MR) is 93.3 cm³/mol. The van der Waals surface area contributed by atoms with Gasteiger partial charge in [-0.15, -0.1) is 0 Å². The maximum Gasteiger partial charge on any atom is 0.0204 e. The van der Waals surface area contributed by atoms with Crippen LogP contribution in [0.15, 0.2) is 0 Å². The van der Waals surface area contributed by atoms with Crippen molar-refractivity contribution in [3.63, 3.8) is 0 Å². The van der Waals surface area contributed by atoms with Gasteiger partial charge in [-0.1, -0.05) is 54.9 Å². The van der Waals surface area contributed by atoms with Gasteiger partial charge in [0.1, 0.15) is 0 Å². The van der Waals surface area contributed by atoms with Gasteiger partial charge in [0.05, 0.1) is 0 Å². The average Bonchev–Trinajstić information content (AvgIpc) is 2.42. The summed E-state index contributed by atoms with van der Waals surface area (Å²) < 4.78 is 0. The molecule has 0 saturated heterocycles. The van der Waals surface area contributed by atoms with Crippen molar-refractivity contribution in [2.75, 3.05) is 13.1 Å². The standard InChI is InChI=1S/C19H41N/c1-9-13-20(12-4)19(8,11-3)17(7)15-18(10-2)14-16(5)6/h16-18H,9-15H2,1-8H3. The molecule has 0 heterocycles. The van der Waals surface area contributed by atoms with Gasteiger partial charge in [-0.05, 0) is 63.5 Å². The van der Waals surface area contributed by atoms with E-state index in [2.05, 4.69) is 60.3 Å². The third-order valence-corrected chi connectivity index (χ3v) is 5.44. The highest BCUT2D eigenvalue weighted by Crippen LogP contribution is 2.35. The lowest BCUT2D eigenvalue weighted by Gasteiger charge is -2.46. The lowest BCUT2D eigenvalue weighted by atomic mass is 9.75. The van der Waals surface area contributed by atoms with Gasteiger partial charge in [-0.2, -0.15) is 0 Å². The van der Waals surface area contributed by atoms with Crippen LogP contribution in [0.2, 0.25) is 0 Å². The van der Waals surface area contributed by atoms with Crippen molar-refractivity contribution in [3.05, 3.63) is 0 Å². The number of hydrogen-bond donors (Lipinski definition) is 0. The normalized spacial score (nSPS) is 18.3. The van der Waals surface area contributed by atoms with Gasteiger partial charge >= 0.3 is 0 Å². The van der Waals surface area contributed by atoms with Crippen LogP contribution in [-0.4, -0.2) is 23.5 Å². The molecule has 0 radical (unpaired) electrons. The van der Waals surface area contributed by atoms with Gasteiger partial charge in [0, 0.05) is 5.54 Å². The molecule has 0 saturated carbocycles. The van der Waals surface area contributed by atoms with Crippen LogP contribution >= 0.6 is 0 Å². The molecule has 0 aromatic carbocycles. The van der Waals surface area contributed by atoms with Crippen LogP contribution < -0.4 is 0 Å². The molecule has 0 bridgehead atoms. The Labute approximate surface area is 129 Å². The summed E-state index contributed by atoms with van der Waals surface area (Å²) in [6, 6.07) is 0. The van der Waals surface area contributed by atoms with Crippen molar-refractivity contribution in [2.24, 2.45) is 17.8 Å². The van der Waals surface area contributed by atoms with Crippen LogP contribution in [0, 0.1) is 17.8 Å². The summed E-state index contributed by atoms with van der Waals surface area (Å²) in [4.78, 5) is 2.72. The van der Waals surface area contributed by atoms with E-state index in [0.29, 0.717) is 5.54 Å². The molecule has 0 spiro atoms. The topological polar surface area (TPSA) is 3.24 Å². The zero-order valence-electron chi connectivity index (χ0n) is 15.6. The zero-order chi connectivity index (χ0) is 15.8. The highest BCUT2D eigenvalue weighted by molar-refractivity contribution is 4.90. The number of hydrogen-bond acceptors (Lipinski definition) is 1. The van der Waals surface area contributed by atoms with Gasteiger partial charge in [0.15, 0.2) is 0 Å². The molecule has 0 aliphatic carbocycles. The SMILES string of the molecule is CCCN(CC)C(C)(CC)C(C)CC(CC)CC(C)C. The maximum absolute atomic E-state index is 2.72. The third kappa shape index (κ3) is 5.76. The molecule has 0 aromatic rings. The molecule has 1 heteroatoms. The third-order valence-electron chi connectivity index (χ3n) is 5.44. The highest BCUT2D eigenvalue weighted by Gasteiger charge is 2.35. The Hall–Kier alpha value is -0.0400. The molecule has 20 heavy (non-hydrogen) atoms. The Balaban J connectivity index is 4.83. The Bertz CT molecular complexity index is 236. The van der Waals surface area contributed by atoms with E-state index >= 15 is 0 Å². The summed E-state index contributed by atoms with van der Waals surface area (Å²) in [6.07, 6.45) is 6.64. The van der Waals surface area contributed by atoms with Crippen molar-refractivity contribution < 1.29 is 0 Å². The van der Waals surface area contributed by atoms with Crippen LogP contribution in [0.25, 0.3) is 0 Å². The minimum atomic E-state index is 0.370. The van der Waals surface area contributed by atoms with E-state index in [1.165, 1.54) is 45.2 Å². The van der Waals surface area contributed by atoms with Crippen molar-refractivity contribution >= 4 is 0 Å². The van der Waals surface area contributed by atoms with Gasteiger partial charge < -0.3 is 0 Å². The fraction of sp³-hybridized carbons (Fsp3) is 1.00. The first-order chi connectivity index (χ1) is 9.35. The summed E-state index contributed by atoms with van der Waals surface area (Å²) >= 11 is 0. The van der Waals surface area contributed by atoms with E-state index in [-0.39, 0.29) is 0 Å². The molecule has 0 aliphatic heterocycles. The van der Waals surface area contributed by atoms with Gasteiger partial charge in [-0.25, -0.2) is 0 Å². The zero-order valence-corrected chi connectivity index (χ0v) is 15.6. The molecule has 122 valence electrons. The lowest BCUT2D eigenvalue weighted by molar-refractivity contribution is 0.0408. The van der Waals surface area contributed by atoms with Gasteiger partial charge in [0.2, 0.25) is 0 Å². The van der Waals surface area contributed by atoms with Crippen LogP contribution in [0.3, 0.4) is 0 Å². The van der Waals surface area contributed by atoms with Crippen molar-refractivity contribution in [1.82, 2.24) is 4.90 Å². The summed E-state index contributed by atoms with van der Waals surface area (Å²) in [5.41, 5.74) is 0.370. The monoisotopic (exact) mass is 283 g/mol. The molecule has 3 atom stereocenters. The van der Waals surface area contributed by atoms with E-state index in [9.17, 15) is 0 Å². The van der Waals surface area contributed by atoms with E-state index in [1.807, 2.05) is 0 Å². The average molecular weight is 284 g/mol. The number of nitrogens with zero attached hydrogens (tertiary/aromatic N) is 1. The Kier molecular flexibility index (Phi) is 9.80. The second-order valence-electron chi connectivity index (χ2n) is 7.33. The molecule has 0 aliphatic rings. The summed E-state index contributed by atoms with van der Waals surface area (Å²) in [7, 11) is 0. The van der Waals surface area contributed by atoms with Crippen molar-refractivity contribution in [3.8, 4) is 0 Å². The van der Waals surface area contributed by atoms with Crippen LogP contribution in [0.5, 0.6) is 0 Å². The first kappa shape index (κ1) is 20.0. The quantitative estimate of drug-likeness (QED) is 0.450. The van der Waals surface area contributed by atoms with Gasteiger partial charge in [0.25, 0.3) is 0 Å². The summed E-state index contributed by atoms with van der Waals surface area (Å²) in [5.74, 6) is 2.51. The smallest absolute Gasteiger partial charge is 0.0204 e. The van der Waals surface area contributed by atoms with Crippen molar-refractivity contribution in [1.29, 1.82) is 0 Å². The summed E-state index contributed by atoms with van der Waals surface area (Å²) in [5, 5.41) is 0. The second-order valence-corrected chi connectivity index (χ2v) is 7.33. The largest absolute Gasteiger partial charge is 0.298 e. The molecule has 0 rings (SSSR count). The highest BCUT2D eigenvalue weighted by atomic mass is 15.2. The molecule has 3 unspecified atom stereocenters. The first-order valence-electron chi connectivity index (χ1n) is 9.10.